The van der Waals surface area contributed by atoms with Gasteiger partial charge < -0.3 is 14.0 Å². The van der Waals surface area contributed by atoms with E-state index in [0.29, 0.717) is 0 Å². The van der Waals surface area contributed by atoms with Crippen LogP contribution in [0.25, 0.3) is 38.6 Å². The number of methoxy groups -OCH3 is 1. The van der Waals surface area contributed by atoms with Gasteiger partial charge in [-0.1, -0.05) is 66.7 Å². The second-order valence-corrected chi connectivity index (χ2v) is 8.31. The van der Waals surface area contributed by atoms with Gasteiger partial charge in [0.25, 0.3) is 0 Å². The Morgan fingerprint density at radius 2 is 1.39 bits per heavy atom. The molecule has 0 N–H and O–H groups in total. The van der Waals surface area contributed by atoms with E-state index in [2.05, 4.69) is 94.2 Å². The van der Waals surface area contributed by atoms with Crippen molar-refractivity contribution in [1.29, 1.82) is 0 Å². The van der Waals surface area contributed by atoms with Crippen LogP contribution < -0.4 is 4.74 Å². The van der Waals surface area contributed by atoms with Gasteiger partial charge in [-0.15, -0.1) is 0 Å². The number of ether oxygens (including phenoxy) is 2. The predicted octanol–water partition coefficient (Wildman–Crippen LogP) is 7.50. The number of hydrogen-bond acceptors (Lipinski definition) is 2. The molecule has 154 valence electrons. The Hall–Kier alpha value is -3.08. The SMILES string of the molecule is COCOc1c(-c2ccccc2)cc(C)c(Br)c1-n1c2ccccc2c2ccccc21. The molecule has 0 unspecified atom stereocenters. The fourth-order valence-electron chi connectivity index (χ4n) is 4.22. The van der Waals surface area contributed by atoms with Crippen molar-refractivity contribution in [2.45, 2.75) is 6.92 Å². The van der Waals surface area contributed by atoms with Gasteiger partial charge in [-0.3, -0.25) is 0 Å². The summed E-state index contributed by atoms with van der Waals surface area (Å²) in [5.41, 5.74) is 6.53. The van der Waals surface area contributed by atoms with Gasteiger partial charge in [0, 0.05) is 27.9 Å². The summed E-state index contributed by atoms with van der Waals surface area (Å²) in [5.74, 6) is 0.789. The average Bonchev–Trinajstić information content (AvgIpc) is 3.14. The van der Waals surface area contributed by atoms with Crippen molar-refractivity contribution in [3.63, 3.8) is 0 Å². The van der Waals surface area contributed by atoms with Crippen LogP contribution in [0, 0.1) is 6.92 Å². The van der Waals surface area contributed by atoms with Crippen LogP contribution >= 0.6 is 15.9 Å². The number of nitrogens with zero attached hydrogens (tertiary/aromatic N) is 1. The van der Waals surface area contributed by atoms with Crippen molar-refractivity contribution in [1.82, 2.24) is 4.57 Å². The maximum absolute atomic E-state index is 6.26. The topological polar surface area (TPSA) is 23.4 Å². The molecule has 0 fully saturated rings. The minimum atomic E-state index is 0.166. The van der Waals surface area contributed by atoms with Gasteiger partial charge in [-0.25, -0.2) is 0 Å². The number of para-hydroxylation sites is 2. The Morgan fingerprint density at radius 1 is 0.806 bits per heavy atom. The zero-order chi connectivity index (χ0) is 21.4. The highest BCUT2D eigenvalue weighted by molar-refractivity contribution is 9.10. The molecule has 3 nitrogen and oxygen atoms in total. The number of aryl methyl sites for hydroxylation is 1. The zero-order valence-electron chi connectivity index (χ0n) is 17.4. The maximum atomic E-state index is 6.26. The Balaban J connectivity index is 1.93. The summed E-state index contributed by atoms with van der Waals surface area (Å²) in [4.78, 5) is 0. The summed E-state index contributed by atoms with van der Waals surface area (Å²) in [6, 6.07) is 29.5. The third-order valence-corrected chi connectivity index (χ3v) is 6.59. The first-order chi connectivity index (χ1) is 15.2. The Morgan fingerprint density at radius 3 is 2.00 bits per heavy atom. The first-order valence-corrected chi connectivity index (χ1v) is 11.0. The molecule has 1 aromatic heterocycles. The molecule has 0 atom stereocenters. The monoisotopic (exact) mass is 471 g/mol. The quantitative estimate of drug-likeness (QED) is 0.247. The minimum absolute atomic E-state index is 0.166. The van der Waals surface area contributed by atoms with E-state index in [1.165, 1.54) is 10.8 Å². The number of aromatic nitrogens is 1. The maximum Gasteiger partial charge on any atom is 0.188 e. The van der Waals surface area contributed by atoms with Crippen LogP contribution in [0.3, 0.4) is 0 Å². The lowest BCUT2D eigenvalue weighted by molar-refractivity contribution is 0.0515. The van der Waals surface area contributed by atoms with E-state index in [-0.39, 0.29) is 6.79 Å². The smallest absolute Gasteiger partial charge is 0.188 e. The first-order valence-electron chi connectivity index (χ1n) is 10.2. The lowest BCUT2D eigenvalue weighted by Gasteiger charge is -2.21. The zero-order valence-corrected chi connectivity index (χ0v) is 19.0. The summed E-state index contributed by atoms with van der Waals surface area (Å²) in [6.45, 7) is 2.29. The number of hydrogen-bond donors (Lipinski definition) is 0. The summed E-state index contributed by atoms with van der Waals surface area (Å²) in [5, 5.41) is 2.43. The molecular weight excluding hydrogens is 450 g/mol. The normalized spacial score (nSPS) is 11.3. The van der Waals surface area contributed by atoms with Crippen molar-refractivity contribution < 1.29 is 9.47 Å². The van der Waals surface area contributed by atoms with Gasteiger partial charge in [-0.2, -0.15) is 0 Å². The predicted molar refractivity (Wildman–Crippen MR) is 131 cm³/mol. The van der Waals surface area contributed by atoms with Crippen LogP contribution in [0.1, 0.15) is 5.56 Å². The molecule has 0 aliphatic heterocycles. The molecule has 0 saturated heterocycles. The van der Waals surface area contributed by atoms with E-state index < -0.39 is 0 Å². The Labute approximate surface area is 190 Å². The van der Waals surface area contributed by atoms with Gasteiger partial charge in [0.2, 0.25) is 0 Å². The molecule has 0 aliphatic rings. The van der Waals surface area contributed by atoms with Crippen LogP contribution in [0.5, 0.6) is 5.75 Å². The summed E-state index contributed by atoms with van der Waals surface area (Å²) >= 11 is 3.88. The lowest BCUT2D eigenvalue weighted by atomic mass is 10.0. The summed E-state index contributed by atoms with van der Waals surface area (Å²) in [6.07, 6.45) is 0. The molecule has 0 radical (unpaired) electrons. The van der Waals surface area contributed by atoms with E-state index in [0.717, 1.165) is 43.6 Å². The van der Waals surface area contributed by atoms with Crippen LogP contribution in [0.4, 0.5) is 0 Å². The molecule has 5 aromatic rings. The number of rotatable bonds is 5. The largest absolute Gasteiger partial charge is 0.465 e. The van der Waals surface area contributed by atoms with Crippen LogP contribution in [-0.2, 0) is 4.74 Å². The van der Waals surface area contributed by atoms with E-state index in [4.69, 9.17) is 9.47 Å². The van der Waals surface area contributed by atoms with Gasteiger partial charge in [0.15, 0.2) is 12.5 Å². The highest BCUT2D eigenvalue weighted by atomic mass is 79.9. The Kier molecular flexibility index (Phi) is 5.26. The van der Waals surface area contributed by atoms with Crippen molar-refractivity contribution in [2.75, 3.05) is 13.9 Å². The van der Waals surface area contributed by atoms with Gasteiger partial charge in [0.1, 0.15) is 5.69 Å². The molecule has 4 heteroatoms. The molecular formula is C27H22BrNO2. The number of benzene rings is 4. The molecule has 0 aliphatic carbocycles. The third kappa shape index (κ3) is 3.32. The fraction of sp³-hybridized carbons (Fsp3) is 0.111. The standard InChI is InChI=1S/C27H22BrNO2/c1-18-16-22(19-10-4-3-5-11-19)27(31-17-30-2)26(25(18)28)29-23-14-8-6-12-20(23)21-13-7-9-15-24(21)29/h3-16H,17H2,1-2H3. The molecule has 0 saturated carbocycles. The molecule has 0 bridgehead atoms. The van der Waals surface area contributed by atoms with E-state index in [1.54, 1.807) is 7.11 Å². The van der Waals surface area contributed by atoms with Gasteiger partial charge >= 0.3 is 0 Å². The second-order valence-electron chi connectivity index (χ2n) is 7.52. The summed E-state index contributed by atoms with van der Waals surface area (Å²) < 4.78 is 14.9. The first kappa shape index (κ1) is 19.9. The molecule has 4 aromatic carbocycles. The highest BCUT2D eigenvalue weighted by Gasteiger charge is 2.22. The van der Waals surface area contributed by atoms with Crippen LogP contribution in [0.15, 0.2) is 89.4 Å². The van der Waals surface area contributed by atoms with Crippen molar-refractivity contribution in [3.8, 4) is 22.6 Å². The van der Waals surface area contributed by atoms with Gasteiger partial charge in [-0.05, 0) is 52.2 Å². The average molecular weight is 472 g/mol. The van der Waals surface area contributed by atoms with E-state index in [1.807, 2.05) is 18.2 Å². The van der Waals surface area contributed by atoms with Crippen LogP contribution in [-0.4, -0.2) is 18.5 Å². The molecule has 1 heterocycles. The van der Waals surface area contributed by atoms with E-state index in [9.17, 15) is 0 Å². The van der Waals surface area contributed by atoms with Crippen molar-refractivity contribution >= 4 is 37.7 Å². The second kappa shape index (κ2) is 8.22. The van der Waals surface area contributed by atoms with Gasteiger partial charge in [0.05, 0.1) is 11.0 Å². The number of halogens is 1. The molecule has 0 amide bonds. The van der Waals surface area contributed by atoms with Crippen molar-refractivity contribution in [2.24, 2.45) is 0 Å². The third-order valence-electron chi connectivity index (χ3n) is 5.58. The molecule has 31 heavy (non-hydrogen) atoms. The Bertz CT molecular complexity index is 1340. The lowest BCUT2D eigenvalue weighted by Crippen LogP contribution is -2.07. The van der Waals surface area contributed by atoms with E-state index >= 15 is 0 Å². The highest BCUT2D eigenvalue weighted by Crippen LogP contribution is 2.45. The van der Waals surface area contributed by atoms with Crippen molar-refractivity contribution in [3.05, 3.63) is 95.0 Å². The minimum Gasteiger partial charge on any atom is -0.465 e. The molecule has 5 rings (SSSR count). The van der Waals surface area contributed by atoms with Crippen LogP contribution in [0.2, 0.25) is 0 Å². The number of fused-ring (bicyclic) bond motifs is 3. The molecule has 0 spiro atoms. The fourth-order valence-corrected chi connectivity index (χ4v) is 4.69. The summed E-state index contributed by atoms with van der Waals surface area (Å²) in [7, 11) is 1.64.